The van der Waals surface area contributed by atoms with Crippen molar-refractivity contribution in [1.82, 2.24) is 25.0 Å². The average molecular weight is 489 g/mol. The summed E-state index contributed by atoms with van der Waals surface area (Å²) in [5, 5.41) is 10.4. The third-order valence-electron chi connectivity index (χ3n) is 7.08. The van der Waals surface area contributed by atoms with Crippen molar-refractivity contribution in [3.8, 4) is 0 Å². The minimum atomic E-state index is -0.679. The fourth-order valence-corrected chi connectivity index (χ4v) is 4.95. The van der Waals surface area contributed by atoms with Crippen LogP contribution in [0, 0.1) is 5.92 Å². The summed E-state index contributed by atoms with van der Waals surface area (Å²) < 4.78 is 5.96. The van der Waals surface area contributed by atoms with Gasteiger partial charge in [0, 0.05) is 24.2 Å². The lowest BCUT2D eigenvalue weighted by Gasteiger charge is -2.32. The van der Waals surface area contributed by atoms with Crippen molar-refractivity contribution in [3.63, 3.8) is 0 Å². The van der Waals surface area contributed by atoms with Crippen LogP contribution in [0.25, 0.3) is 0 Å². The van der Waals surface area contributed by atoms with Gasteiger partial charge in [-0.15, -0.1) is 0 Å². The zero-order chi connectivity index (χ0) is 25.4. The molecular weight excluding hydrogens is 456 g/mol. The molecule has 0 saturated heterocycles. The highest BCUT2D eigenvalue weighted by molar-refractivity contribution is 5.95. The van der Waals surface area contributed by atoms with Gasteiger partial charge in [-0.1, -0.05) is 36.4 Å². The molecule has 1 aromatic carbocycles. The van der Waals surface area contributed by atoms with Gasteiger partial charge in [0.1, 0.15) is 0 Å². The van der Waals surface area contributed by atoms with E-state index in [1.54, 1.807) is 11.1 Å². The van der Waals surface area contributed by atoms with Gasteiger partial charge >= 0.3 is 6.09 Å². The van der Waals surface area contributed by atoms with E-state index in [1.807, 2.05) is 69.2 Å². The van der Waals surface area contributed by atoms with E-state index in [9.17, 15) is 9.59 Å². The standard InChI is InChI=1S/C27H32N6O3/c1-27(2)23-20(15-33(27)26(35)36-22(16-32(3)4)21-12-8-9-13-28-21)24(31-30-23)29-25(34)19-14-18(19)17-10-6-5-7-11-17/h5-13,18-19,22H,14-16H2,1-4H3,(H2,29,30,31,34)/t18-,19+,22+/m0/s1. The van der Waals surface area contributed by atoms with Crippen LogP contribution in [0.2, 0.25) is 0 Å². The van der Waals surface area contributed by atoms with E-state index < -0.39 is 17.7 Å². The number of nitrogens with one attached hydrogen (secondary N) is 2. The van der Waals surface area contributed by atoms with Crippen LogP contribution in [0.3, 0.4) is 0 Å². The molecule has 188 valence electrons. The number of aromatic amines is 1. The molecule has 3 heterocycles. The van der Waals surface area contributed by atoms with Crippen LogP contribution >= 0.6 is 0 Å². The van der Waals surface area contributed by atoms with Gasteiger partial charge in [-0.25, -0.2) is 4.79 Å². The molecule has 1 aliphatic carbocycles. The number of aromatic nitrogens is 3. The number of H-pyrrole nitrogens is 1. The molecule has 2 N–H and O–H groups in total. The molecule has 2 aliphatic rings. The van der Waals surface area contributed by atoms with E-state index in [4.69, 9.17) is 4.74 Å². The van der Waals surface area contributed by atoms with Crippen LogP contribution in [0.5, 0.6) is 0 Å². The maximum atomic E-state index is 13.4. The predicted molar refractivity (Wildman–Crippen MR) is 135 cm³/mol. The highest BCUT2D eigenvalue weighted by Crippen LogP contribution is 2.48. The number of likely N-dealkylation sites (N-methyl/N-ethyl adjacent to an activating group) is 1. The Kier molecular flexibility index (Phi) is 6.26. The van der Waals surface area contributed by atoms with Crippen molar-refractivity contribution < 1.29 is 14.3 Å². The number of benzene rings is 1. The lowest BCUT2D eigenvalue weighted by molar-refractivity contribution is -0.117. The summed E-state index contributed by atoms with van der Waals surface area (Å²) in [4.78, 5) is 34.4. The number of rotatable bonds is 7. The SMILES string of the molecule is CN(C)C[C@@H](OC(=O)N1Cc2c(NC(=O)[C@@H]3C[C@H]3c3ccccc3)n[nH]c2C1(C)C)c1ccccn1. The van der Waals surface area contributed by atoms with Crippen molar-refractivity contribution in [2.75, 3.05) is 26.0 Å². The van der Waals surface area contributed by atoms with Crippen molar-refractivity contribution in [2.45, 2.75) is 44.4 Å². The van der Waals surface area contributed by atoms with E-state index in [0.717, 1.165) is 17.7 Å². The number of hydrogen-bond acceptors (Lipinski definition) is 6. The fraction of sp³-hybridized carbons (Fsp3) is 0.407. The third-order valence-corrected chi connectivity index (χ3v) is 7.08. The van der Waals surface area contributed by atoms with Gasteiger partial charge < -0.3 is 15.0 Å². The van der Waals surface area contributed by atoms with Crippen LogP contribution in [0.1, 0.15) is 54.8 Å². The normalized spacial score (nSPS) is 20.6. The molecule has 1 fully saturated rings. The minimum Gasteiger partial charge on any atom is -0.438 e. The molecule has 1 saturated carbocycles. The largest absolute Gasteiger partial charge is 0.438 e. The fourth-order valence-electron chi connectivity index (χ4n) is 4.95. The molecule has 3 atom stereocenters. The molecule has 0 unspecified atom stereocenters. The predicted octanol–water partition coefficient (Wildman–Crippen LogP) is 4.04. The van der Waals surface area contributed by atoms with Crippen molar-refractivity contribution in [2.24, 2.45) is 5.92 Å². The van der Waals surface area contributed by atoms with Crippen molar-refractivity contribution >= 4 is 17.8 Å². The highest BCUT2D eigenvalue weighted by Gasteiger charge is 2.47. The number of carbonyl (C=O) groups excluding carboxylic acids is 2. The first-order chi connectivity index (χ1) is 17.3. The molecule has 3 aromatic rings. The average Bonchev–Trinajstić information content (AvgIpc) is 3.49. The Labute approximate surface area is 210 Å². The molecule has 36 heavy (non-hydrogen) atoms. The molecule has 9 heteroatoms. The highest BCUT2D eigenvalue weighted by atomic mass is 16.6. The molecule has 9 nitrogen and oxygen atoms in total. The molecule has 0 spiro atoms. The Morgan fingerprint density at radius 3 is 2.64 bits per heavy atom. The zero-order valence-electron chi connectivity index (χ0n) is 21.1. The van der Waals surface area contributed by atoms with Crippen LogP contribution < -0.4 is 5.32 Å². The number of carbonyl (C=O) groups is 2. The maximum absolute atomic E-state index is 13.4. The second kappa shape index (κ2) is 9.39. The van der Waals surface area contributed by atoms with Gasteiger partial charge in [0.05, 0.1) is 23.5 Å². The first-order valence-corrected chi connectivity index (χ1v) is 12.2. The van der Waals surface area contributed by atoms with E-state index in [2.05, 4.69) is 32.6 Å². The Bertz CT molecular complexity index is 1240. The van der Waals surface area contributed by atoms with E-state index >= 15 is 0 Å². The van der Waals surface area contributed by atoms with Crippen LogP contribution in [0.15, 0.2) is 54.7 Å². The Balaban J connectivity index is 1.28. The van der Waals surface area contributed by atoms with Gasteiger partial charge in [0.25, 0.3) is 0 Å². The van der Waals surface area contributed by atoms with Gasteiger partial charge in [0.15, 0.2) is 11.9 Å². The lowest BCUT2D eigenvalue weighted by atomic mass is 10.0. The summed E-state index contributed by atoms with van der Waals surface area (Å²) >= 11 is 0. The minimum absolute atomic E-state index is 0.0433. The first-order valence-electron chi connectivity index (χ1n) is 12.2. The van der Waals surface area contributed by atoms with Crippen LogP contribution in [0.4, 0.5) is 10.6 Å². The van der Waals surface area contributed by atoms with Gasteiger partial charge in [-0.3, -0.25) is 19.8 Å². The van der Waals surface area contributed by atoms with Gasteiger partial charge in [-0.05, 0) is 58.0 Å². The van der Waals surface area contributed by atoms with Gasteiger partial charge in [-0.2, -0.15) is 5.10 Å². The summed E-state index contributed by atoms with van der Waals surface area (Å²) in [5.41, 5.74) is 2.81. The summed E-state index contributed by atoms with van der Waals surface area (Å²) in [6, 6.07) is 15.7. The molecule has 2 aromatic heterocycles. The number of amides is 2. The summed E-state index contributed by atoms with van der Waals surface area (Å²) in [6.07, 6.45) is 1.57. The second-order valence-electron chi connectivity index (χ2n) is 10.3. The van der Waals surface area contributed by atoms with Crippen molar-refractivity contribution in [3.05, 3.63) is 77.2 Å². The summed E-state index contributed by atoms with van der Waals surface area (Å²) in [6.45, 7) is 4.68. The molecular formula is C27H32N6O3. The second-order valence-corrected chi connectivity index (χ2v) is 10.3. The smallest absolute Gasteiger partial charge is 0.411 e. The molecule has 0 bridgehead atoms. The van der Waals surface area contributed by atoms with Gasteiger partial charge in [0.2, 0.25) is 5.91 Å². The van der Waals surface area contributed by atoms with Crippen molar-refractivity contribution in [1.29, 1.82) is 0 Å². The molecule has 0 radical (unpaired) electrons. The van der Waals surface area contributed by atoms with E-state index in [0.29, 0.717) is 18.1 Å². The molecule has 5 rings (SSSR count). The first kappa shape index (κ1) is 24.0. The van der Waals surface area contributed by atoms with Crippen LogP contribution in [-0.4, -0.2) is 57.6 Å². The quantitative estimate of drug-likeness (QED) is 0.520. The molecule has 1 aliphatic heterocycles. The summed E-state index contributed by atoms with van der Waals surface area (Å²) in [7, 11) is 3.86. The summed E-state index contributed by atoms with van der Waals surface area (Å²) in [5.74, 6) is 0.603. The number of fused-ring (bicyclic) bond motifs is 1. The molecule has 2 amide bonds. The third kappa shape index (κ3) is 4.58. The Morgan fingerprint density at radius 1 is 1.19 bits per heavy atom. The monoisotopic (exact) mass is 488 g/mol. The Morgan fingerprint density at radius 2 is 1.94 bits per heavy atom. The number of anilines is 1. The van der Waals surface area contributed by atoms with E-state index in [-0.39, 0.29) is 24.3 Å². The lowest BCUT2D eigenvalue weighted by Crippen LogP contribution is -2.42. The number of ether oxygens (including phenoxy) is 1. The number of hydrogen-bond donors (Lipinski definition) is 2. The zero-order valence-corrected chi connectivity index (χ0v) is 21.1. The topological polar surface area (TPSA) is 103 Å². The number of nitrogens with zero attached hydrogens (tertiary/aromatic N) is 4. The maximum Gasteiger partial charge on any atom is 0.411 e. The Hall–Kier alpha value is -3.72. The number of pyridine rings is 1. The van der Waals surface area contributed by atoms with E-state index in [1.165, 1.54) is 5.56 Å². The van der Waals surface area contributed by atoms with Crippen LogP contribution in [-0.2, 0) is 21.6 Å².